The van der Waals surface area contributed by atoms with Gasteiger partial charge < -0.3 is 9.97 Å². The van der Waals surface area contributed by atoms with Gasteiger partial charge >= 0.3 is 0 Å². The van der Waals surface area contributed by atoms with E-state index in [-0.39, 0.29) is 0 Å². The molecule has 0 saturated carbocycles. The normalized spacial score (nSPS) is 12.5. The summed E-state index contributed by atoms with van der Waals surface area (Å²) in [5.41, 5.74) is 8.89. The summed E-state index contributed by atoms with van der Waals surface area (Å²) in [5.74, 6) is 2.48. The van der Waals surface area contributed by atoms with Crippen LogP contribution in [0.2, 0.25) is 0 Å². The van der Waals surface area contributed by atoms with Crippen LogP contribution in [-0.2, 0) is 0 Å². The van der Waals surface area contributed by atoms with E-state index in [4.69, 9.17) is 19.9 Å². The number of H-pyrrole nitrogens is 2. The van der Waals surface area contributed by atoms with Crippen molar-refractivity contribution in [2.45, 2.75) is 59.3 Å². The number of aromatic amines is 2. The molecular formula is C33H32N6. The SMILES string of the molecule is CC(C)c1ccc2c(c1)-c1nc-2nc2[nH]c(nc3[nH]c(n1)c1cccc(C(C)C)c31)c1ccc(C(C)C)cc21. The Hall–Kier alpha value is -4.32. The molecule has 39 heavy (non-hydrogen) atoms. The van der Waals surface area contributed by atoms with E-state index in [1.165, 1.54) is 16.7 Å². The summed E-state index contributed by atoms with van der Waals surface area (Å²) in [6.45, 7) is 13.3. The quantitative estimate of drug-likeness (QED) is 0.248. The summed E-state index contributed by atoms with van der Waals surface area (Å²) in [5, 5.41) is 4.24. The molecule has 4 heterocycles. The van der Waals surface area contributed by atoms with Crippen molar-refractivity contribution in [1.82, 2.24) is 29.9 Å². The smallest absolute Gasteiger partial charge is 0.164 e. The molecule has 194 valence electrons. The van der Waals surface area contributed by atoms with Crippen molar-refractivity contribution in [3.8, 4) is 22.8 Å². The Bertz CT molecular complexity index is 2010. The first-order chi connectivity index (χ1) is 18.8. The van der Waals surface area contributed by atoms with Gasteiger partial charge in [-0.25, -0.2) is 19.9 Å². The van der Waals surface area contributed by atoms with Crippen LogP contribution in [0.25, 0.3) is 66.9 Å². The number of fused-ring (bicyclic) bond motifs is 15. The van der Waals surface area contributed by atoms with Crippen molar-refractivity contribution in [2.24, 2.45) is 0 Å². The van der Waals surface area contributed by atoms with E-state index in [0.717, 1.165) is 55.3 Å². The molecule has 6 bridgehead atoms. The number of hydrogen-bond acceptors (Lipinski definition) is 4. The molecule has 6 heteroatoms. The lowest BCUT2D eigenvalue weighted by Gasteiger charge is -2.07. The second-order valence-electron chi connectivity index (χ2n) is 11.6. The van der Waals surface area contributed by atoms with E-state index in [1.54, 1.807) is 0 Å². The molecule has 0 aliphatic carbocycles. The highest BCUT2D eigenvalue weighted by Crippen LogP contribution is 2.38. The second kappa shape index (κ2) is 8.60. The Morgan fingerprint density at radius 3 is 1.90 bits per heavy atom. The van der Waals surface area contributed by atoms with Crippen LogP contribution in [0.3, 0.4) is 0 Å². The van der Waals surface area contributed by atoms with Gasteiger partial charge in [-0.05, 0) is 46.6 Å². The number of benzene rings is 3. The molecule has 3 aromatic carbocycles. The first-order valence-electron chi connectivity index (χ1n) is 13.8. The van der Waals surface area contributed by atoms with E-state index in [0.29, 0.717) is 29.4 Å². The van der Waals surface area contributed by atoms with Gasteiger partial charge in [-0.15, -0.1) is 0 Å². The fourth-order valence-electron chi connectivity index (χ4n) is 5.69. The Kier molecular flexibility index (Phi) is 5.24. The zero-order chi connectivity index (χ0) is 27.0. The highest BCUT2D eigenvalue weighted by atomic mass is 15.0. The lowest BCUT2D eigenvalue weighted by atomic mass is 9.97. The zero-order valence-corrected chi connectivity index (χ0v) is 23.2. The van der Waals surface area contributed by atoms with Crippen molar-refractivity contribution in [3.63, 3.8) is 0 Å². The van der Waals surface area contributed by atoms with E-state index < -0.39 is 0 Å². The molecule has 0 amide bonds. The molecule has 6 nitrogen and oxygen atoms in total. The molecular weight excluding hydrogens is 480 g/mol. The van der Waals surface area contributed by atoms with Crippen LogP contribution in [0.5, 0.6) is 0 Å². The van der Waals surface area contributed by atoms with E-state index in [1.807, 2.05) is 0 Å². The number of nitrogens with one attached hydrogen (secondary N) is 2. The van der Waals surface area contributed by atoms with E-state index in [9.17, 15) is 0 Å². The topological polar surface area (TPSA) is 83.1 Å². The van der Waals surface area contributed by atoms with E-state index in [2.05, 4.69) is 106 Å². The first-order valence-corrected chi connectivity index (χ1v) is 13.8. The summed E-state index contributed by atoms with van der Waals surface area (Å²) in [7, 11) is 0. The molecule has 7 rings (SSSR count). The van der Waals surface area contributed by atoms with Gasteiger partial charge in [0.05, 0.1) is 0 Å². The van der Waals surface area contributed by atoms with Crippen molar-refractivity contribution in [2.75, 3.05) is 0 Å². The van der Waals surface area contributed by atoms with Crippen LogP contribution in [-0.4, -0.2) is 29.9 Å². The summed E-state index contributed by atoms with van der Waals surface area (Å²) < 4.78 is 0. The highest BCUT2D eigenvalue weighted by molar-refractivity contribution is 6.09. The van der Waals surface area contributed by atoms with Crippen molar-refractivity contribution in [1.29, 1.82) is 0 Å². The number of aromatic nitrogens is 6. The van der Waals surface area contributed by atoms with Crippen molar-refractivity contribution >= 4 is 44.1 Å². The lowest BCUT2D eigenvalue weighted by molar-refractivity contribution is 0.867. The summed E-state index contributed by atoms with van der Waals surface area (Å²) in [6, 6.07) is 19.5. The Morgan fingerprint density at radius 1 is 0.513 bits per heavy atom. The second-order valence-corrected chi connectivity index (χ2v) is 11.6. The third kappa shape index (κ3) is 3.69. The maximum Gasteiger partial charge on any atom is 0.164 e. The van der Waals surface area contributed by atoms with Crippen molar-refractivity contribution < 1.29 is 0 Å². The van der Waals surface area contributed by atoms with Crippen LogP contribution in [0, 0.1) is 0 Å². The van der Waals surface area contributed by atoms with E-state index >= 15 is 0 Å². The fourth-order valence-corrected chi connectivity index (χ4v) is 5.69. The van der Waals surface area contributed by atoms with Gasteiger partial charge in [-0.1, -0.05) is 84.0 Å². The highest BCUT2D eigenvalue weighted by Gasteiger charge is 2.22. The Balaban J connectivity index is 1.71. The molecule has 1 aliphatic rings. The van der Waals surface area contributed by atoms with Gasteiger partial charge in [0.2, 0.25) is 0 Å². The fraction of sp³-hybridized carbons (Fsp3) is 0.273. The average Bonchev–Trinajstić information content (AvgIpc) is 3.56. The lowest BCUT2D eigenvalue weighted by Crippen LogP contribution is -1.90. The zero-order valence-electron chi connectivity index (χ0n) is 23.2. The minimum atomic E-state index is 0.333. The molecule has 0 unspecified atom stereocenters. The Labute approximate surface area is 227 Å². The number of rotatable bonds is 3. The molecule has 0 spiro atoms. The molecule has 0 radical (unpaired) electrons. The maximum atomic E-state index is 5.19. The molecule has 0 saturated heterocycles. The monoisotopic (exact) mass is 512 g/mol. The average molecular weight is 513 g/mol. The molecule has 3 aromatic heterocycles. The summed E-state index contributed by atoms with van der Waals surface area (Å²) in [6.07, 6.45) is 0. The van der Waals surface area contributed by atoms with Crippen LogP contribution in [0.1, 0.15) is 76.0 Å². The Morgan fingerprint density at radius 2 is 1.15 bits per heavy atom. The summed E-state index contributed by atoms with van der Waals surface area (Å²) in [4.78, 5) is 27.6. The van der Waals surface area contributed by atoms with Crippen molar-refractivity contribution in [3.05, 3.63) is 71.3 Å². The molecule has 2 N–H and O–H groups in total. The third-order valence-corrected chi connectivity index (χ3v) is 7.97. The third-order valence-electron chi connectivity index (χ3n) is 7.97. The minimum absolute atomic E-state index is 0.333. The van der Waals surface area contributed by atoms with Gasteiger partial charge in [0.15, 0.2) is 11.6 Å². The van der Waals surface area contributed by atoms with Crippen LogP contribution in [0.15, 0.2) is 54.6 Å². The molecule has 1 aliphatic heterocycles. The van der Waals surface area contributed by atoms with Gasteiger partial charge in [-0.2, -0.15) is 0 Å². The molecule has 0 atom stereocenters. The van der Waals surface area contributed by atoms with Crippen LogP contribution >= 0.6 is 0 Å². The number of nitrogens with zero attached hydrogens (tertiary/aromatic N) is 4. The predicted molar refractivity (Wildman–Crippen MR) is 161 cm³/mol. The van der Waals surface area contributed by atoms with Crippen LogP contribution in [0.4, 0.5) is 0 Å². The molecule has 6 aromatic rings. The van der Waals surface area contributed by atoms with Gasteiger partial charge in [0, 0.05) is 32.7 Å². The van der Waals surface area contributed by atoms with Gasteiger partial charge in [-0.3, -0.25) is 0 Å². The van der Waals surface area contributed by atoms with Gasteiger partial charge in [0.1, 0.15) is 22.6 Å². The maximum absolute atomic E-state index is 5.19. The predicted octanol–water partition coefficient (Wildman–Crippen LogP) is 8.68. The molecule has 0 fully saturated rings. The largest absolute Gasteiger partial charge is 0.324 e. The van der Waals surface area contributed by atoms with Crippen LogP contribution < -0.4 is 0 Å². The number of hydrogen-bond donors (Lipinski definition) is 2. The summed E-state index contributed by atoms with van der Waals surface area (Å²) >= 11 is 0. The first kappa shape index (κ1) is 23.8. The van der Waals surface area contributed by atoms with Gasteiger partial charge in [0.25, 0.3) is 0 Å². The minimum Gasteiger partial charge on any atom is -0.324 e. The standard InChI is InChI=1S/C33H32N6/c1-16(2)19-10-12-22-25(14-19)32-35-28(22)34-31-26-15-20(17(3)4)11-13-23(26)29(36-31)38-33-27-21(18(5)6)8-7-9-24(27)30(37-32)39-33/h7-18H,1-6H3,(H2,34,35,36,37,38,39).